The lowest BCUT2D eigenvalue weighted by Gasteiger charge is -2.26. The van der Waals surface area contributed by atoms with Gasteiger partial charge in [0.15, 0.2) is 6.23 Å². The molecule has 18 heavy (non-hydrogen) atoms. The van der Waals surface area contributed by atoms with Gasteiger partial charge in [-0.15, -0.1) is 0 Å². The Hall–Kier alpha value is -2.29. The Morgan fingerprint density at radius 1 is 1.06 bits per heavy atom. The Morgan fingerprint density at radius 2 is 1.78 bits per heavy atom. The second-order valence-electron chi connectivity index (χ2n) is 4.38. The third-order valence-electron chi connectivity index (χ3n) is 3.02. The van der Waals surface area contributed by atoms with E-state index in [0.717, 1.165) is 5.56 Å². The van der Waals surface area contributed by atoms with Crippen molar-refractivity contribution in [3.8, 4) is 5.75 Å². The molecule has 0 aromatic heterocycles. The van der Waals surface area contributed by atoms with Crippen molar-refractivity contribution < 1.29 is 9.53 Å². The fourth-order valence-corrected chi connectivity index (χ4v) is 2.00. The number of nitrogens with one attached hydrogen (secondary N) is 1. The SMILES string of the molecule is Cc1ccc([C@@H]2NC(=O)c3ccccc3O2)cc1. The summed E-state index contributed by atoms with van der Waals surface area (Å²) in [6.07, 6.45) is -0.409. The Bertz CT molecular complexity index is 590. The van der Waals surface area contributed by atoms with Gasteiger partial charge in [-0.05, 0) is 19.1 Å². The molecule has 0 spiro atoms. The second kappa shape index (κ2) is 4.18. The van der Waals surface area contributed by atoms with Crippen molar-refractivity contribution in [1.82, 2.24) is 5.32 Å². The van der Waals surface area contributed by atoms with Gasteiger partial charge in [-0.2, -0.15) is 0 Å². The van der Waals surface area contributed by atoms with E-state index in [4.69, 9.17) is 4.74 Å². The van der Waals surface area contributed by atoms with Gasteiger partial charge in [0.2, 0.25) is 0 Å². The smallest absolute Gasteiger partial charge is 0.258 e. The van der Waals surface area contributed by atoms with Gasteiger partial charge < -0.3 is 10.1 Å². The number of rotatable bonds is 1. The summed E-state index contributed by atoms with van der Waals surface area (Å²) in [5.74, 6) is 0.536. The van der Waals surface area contributed by atoms with Gasteiger partial charge >= 0.3 is 0 Å². The van der Waals surface area contributed by atoms with Gasteiger partial charge in [0.1, 0.15) is 5.75 Å². The molecule has 90 valence electrons. The van der Waals surface area contributed by atoms with Crippen molar-refractivity contribution in [2.75, 3.05) is 0 Å². The van der Waals surface area contributed by atoms with Crippen LogP contribution in [0.2, 0.25) is 0 Å². The summed E-state index contributed by atoms with van der Waals surface area (Å²) >= 11 is 0. The number of aryl methyl sites for hydroxylation is 1. The molecule has 0 aliphatic carbocycles. The summed E-state index contributed by atoms with van der Waals surface area (Å²) < 4.78 is 5.80. The van der Waals surface area contributed by atoms with E-state index in [1.54, 1.807) is 6.07 Å². The minimum absolute atomic E-state index is 0.0950. The lowest BCUT2D eigenvalue weighted by atomic mass is 10.1. The van der Waals surface area contributed by atoms with E-state index in [0.29, 0.717) is 11.3 Å². The highest BCUT2D eigenvalue weighted by atomic mass is 16.5. The third kappa shape index (κ3) is 1.84. The highest BCUT2D eigenvalue weighted by Gasteiger charge is 2.25. The molecule has 2 aromatic carbocycles. The zero-order chi connectivity index (χ0) is 12.5. The maximum Gasteiger partial charge on any atom is 0.258 e. The summed E-state index contributed by atoms with van der Waals surface area (Å²) in [6.45, 7) is 2.03. The van der Waals surface area contributed by atoms with E-state index in [9.17, 15) is 4.79 Å². The first-order valence-corrected chi connectivity index (χ1v) is 5.87. The first-order chi connectivity index (χ1) is 8.74. The van der Waals surface area contributed by atoms with Crippen LogP contribution in [-0.4, -0.2) is 5.91 Å². The number of carbonyl (C=O) groups excluding carboxylic acids is 1. The summed E-state index contributed by atoms with van der Waals surface area (Å²) in [5, 5.41) is 2.85. The number of ether oxygens (including phenoxy) is 1. The van der Waals surface area contributed by atoms with E-state index < -0.39 is 6.23 Å². The lowest BCUT2D eigenvalue weighted by Crippen LogP contribution is -2.36. The van der Waals surface area contributed by atoms with E-state index >= 15 is 0 Å². The molecule has 1 atom stereocenters. The molecule has 3 heteroatoms. The Kier molecular flexibility index (Phi) is 2.52. The topological polar surface area (TPSA) is 38.3 Å². The van der Waals surface area contributed by atoms with Gasteiger partial charge in [-0.25, -0.2) is 0 Å². The number of benzene rings is 2. The van der Waals surface area contributed by atoms with Crippen molar-refractivity contribution in [3.05, 3.63) is 65.2 Å². The minimum Gasteiger partial charge on any atom is -0.466 e. The van der Waals surface area contributed by atoms with Crippen molar-refractivity contribution in [2.24, 2.45) is 0 Å². The van der Waals surface area contributed by atoms with Gasteiger partial charge in [-0.3, -0.25) is 4.79 Å². The molecule has 3 nitrogen and oxygen atoms in total. The molecule has 2 aromatic rings. The highest BCUT2D eigenvalue weighted by molar-refractivity contribution is 5.97. The van der Waals surface area contributed by atoms with E-state index in [1.165, 1.54) is 5.56 Å². The molecular weight excluding hydrogens is 226 g/mol. The van der Waals surface area contributed by atoms with Crippen molar-refractivity contribution >= 4 is 5.91 Å². The lowest BCUT2D eigenvalue weighted by molar-refractivity contribution is 0.0756. The molecule has 1 N–H and O–H groups in total. The van der Waals surface area contributed by atoms with E-state index in [2.05, 4.69) is 5.32 Å². The molecule has 1 aliphatic rings. The summed E-state index contributed by atoms with van der Waals surface area (Å²) in [6, 6.07) is 15.2. The van der Waals surface area contributed by atoms with Crippen LogP contribution in [0.15, 0.2) is 48.5 Å². The van der Waals surface area contributed by atoms with Crippen molar-refractivity contribution in [3.63, 3.8) is 0 Å². The summed E-state index contributed by atoms with van der Waals surface area (Å²) in [5.41, 5.74) is 2.71. The largest absolute Gasteiger partial charge is 0.466 e. The van der Waals surface area contributed by atoms with Gasteiger partial charge in [0.05, 0.1) is 5.56 Å². The monoisotopic (exact) mass is 239 g/mol. The number of carbonyl (C=O) groups is 1. The number of hydrogen-bond donors (Lipinski definition) is 1. The molecule has 1 heterocycles. The van der Waals surface area contributed by atoms with Crippen LogP contribution in [0.4, 0.5) is 0 Å². The molecule has 1 amide bonds. The van der Waals surface area contributed by atoms with Gasteiger partial charge in [0.25, 0.3) is 5.91 Å². The molecular formula is C15H13NO2. The fraction of sp³-hybridized carbons (Fsp3) is 0.133. The zero-order valence-corrected chi connectivity index (χ0v) is 10.0. The standard InChI is InChI=1S/C15H13NO2/c1-10-6-8-11(9-7-10)15-16-14(17)12-4-2-3-5-13(12)18-15/h2-9,15H,1H3,(H,16,17)/t15-/m1/s1. The number of amides is 1. The van der Waals surface area contributed by atoms with E-state index in [1.807, 2.05) is 49.4 Å². The molecule has 0 bridgehead atoms. The van der Waals surface area contributed by atoms with Crippen LogP contribution >= 0.6 is 0 Å². The molecule has 0 radical (unpaired) electrons. The Morgan fingerprint density at radius 3 is 2.56 bits per heavy atom. The normalized spacial score (nSPS) is 17.6. The van der Waals surface area contributed by atoms with Gasteiger partial charge in [0, 0.05) is 5.56 Å². The molecule has 0 saturated heterocycles. The Balaban J connectivity index is 1.94. The second-order valence-corrected chi connectivity index (χ2v) is 4.38. The van der Waals surface area contributed by atoms with Crippen LogP contribution in [-0.2, 0) is 0 Å². The molecule has 3 rings (SSSR count). The van der Waals surface area contributed by atoms with Crippen LogP contribution in [0.3, 0.4) is 0 Å². The highest BCUT2D eigenvalue weighted by Crippen LogP contribution is 2.28. The minimum atomic E-state index is -0.409. The summed E-state index contributed by atoms with van der Waals surface area (Å²) in [4.78, 5) is 11.9. The van der Waals surface area contributed by atoms with Crippen LogP contribution in [0, 0.1) is 6.92 Å². The maximum atomic E-state index is 11.9. The van der Waals surface area contributed by atoms with E-state index in [-0.39, 0.29) is 5.91 Å². The van der Waals surface area contributed by atoms with Crippen LogP contribution in [0.5, 0.6) is 5.75 Å². The predicted molar refractivity (Wildman–Crippen MR) is 68.5 cm³/mol. The number of hydrogen-bond acceptors (Lipinski definition) is 2. The van der Waals surface area contributed by atoms with Gasteiger partial charge in [-0.1, -0.05) is 42.0 Å². The molecule has 0 unspecified atom stereocenters. The van der Waals surface area contributed by atoms with Crippen molar-refractivity contribution in [1.29, 1.82) is 0 Å². The van der Waals surface area contributed by atoms with Crippen LogP contribution in [0.25, 0.3) is 0 Å². The Labute approximate surface area is 105 Å². The summed E-state index contributed by atoms with van der Waals surface area (Å²) in [7, 11) is 0. The van der Waals surface area contributed by atoms with Crippen molar-refractivity contribution in [2.45, 2.75) is 13.2 Å². The first-order valence-electron chi connectivity index (χ1n) is 5.87. The quantitative estimate of drug-likeness (QED) is 0.831. The first kappa shape index (κ1) is 10.8. The maximum absolute atomic E-state index is 11.9. The average Bonchev–Trinajstić information content (AvgIpc) is 2.39. The number of fused-ring (bicyclic) bond motifs is 1. The van der Waals surface area contributed by atoms with Crippen LogP contribution < -0.4 is 10.1 Å². The third-order valence-corrected chi connectivity index (χ3v) is 3.02. The zero-order valence-electron chi connectivity index (χ0n) is 10.0. The average molecular weight is 239 g/mol. The molecule has 0 saturated carbocycles. The predicted octanol–water partition coefficient (Wildman–Crippen LogP) is 2.82. The molecule has 0 fully saturated rings. The molecule has 1 aliphatic heterocycles. The fourth-order valence-electron chi connectivity index (χ4n) is 2.00. The number of para-hydroxylation sites is 1. The van der Waals surface area contributed by atoms with Crippen LogP contribution in [0.1, 0.15) is 27.7 Å².